The maximum atomic E-state index is 15.3. The van der Waals surface area contributed by atoms with Gasteiger partial charge in [-0.25, -0.2) is 4.39 Å². The van der Waals surface area contributed by atoms with Gasteiger partial charge in [0.1, 0.15) is 11.6 Å². The third-order valence-electron chi connectivity index (χ3n) is 5.41. The van der Waals surface area contributed by atoms with Crippen LogP contribution in [0.5, 0.6) is 0 Å². The van der Waals surface area contributed by atoms with Crippen LogP contribution in [0.1, 0.15) is 36.3 Å². The first-order valence-electron chi connectivity index (χ1n) is 8.41. The molecule has 0 aliphatic heterocycles. The Kier molecular flexibility index (Phi) is 3.75. The summed E-state index contributed by atoms with van der Waals surface area (Å²) in [6.07, 6.45) is 5.29. The van der Waals surface area contributed by atoms with E-state index < -0.39 is 17.5 Å². The van der Waals surface area contributed by atoms with E-state index in [0.29, 0.717) is 24.8 Å². The van der Waals surface area contributed by atoms with Crippen LogP contribution in [0.2, 0.25) is 0 Å². The van der Waals surface area contributed by atoms with Crippen LogP contribution in [0.15, 0.2) is 48.9 Å². The van der Waals surface area contributed by atoms with E-state index in [2.05, 4.69) is 15.2 Å². The number of pyridine rings is 1. The molecule has 128 valence electrons. The van der Waals surface area contributed by atoms with Crippen molar-refractivity contribution in [1.82, 2.24) is 15.2 Å². The number of primary amides is 1. The fourth-order valence-corrected chi connectivity index (χ4v) is 4.24. The van der Waals surface area contributed by atoms with E-state index in [1.165, 1.54) is 0 Å². The number of amides is 1. The van der Waals surface area contributed by atoms with Crippen LogP contribution < -0.4 is 5.73 Å². The van der Waals surface area contributed by atoms with Crippen LogP contribution in [-0.2, 0) is 10.2 Å². The Labute approximate surface area is 144 Å². The predicted molar refractivity (Wildman–Crippen MR) is 92.7 cm³/mol. The smallest absolute Gasteiger partial charge is 0.231 e. The van der Waals surface area contributed by atoms with Crippen LogP contribution in [0.4, 0.5) is 4.39 Å². The highest BCUT2D eigenvalue weighted by Crippen LogP contribution is 2.50. The minimum atomic E-state index is -1.40. The third-order valence-corrected chi connectivity index (χ3v) is 5.41. The van der Waals surface area contributed by atoms with Gasteiger partial charge >= 0.3 is 0 Å². The van der Waals surface area contributed by atoms with Gasteiger partial charge in [0, 0.05) is 23.7 Å². The lowest BCUT2D eigenvalue weighted by Crippen LogP contribution is -2.54. The molecular formula is C19H19FN4O. The minimum Gasteiger partial charge on any atom is -0.369 e. The molecule has 1 fully saturated rings. The summed E-state index contributed by atoms with van der Waals surface area (Å²) >= 11 is 0. The molecule has 4 rings (SSSR count). The predicted octanol–water partition coefficient (Wildman–Crippen LogP) is 2.99. The van der Waals surface area contributed by atoms with Gasteiger partial charge in [0.05, 0.1) is 11.7 Å². The minimum absolute atomic E-state index is 0.322. The number of fused-ring (bicyclic) bond motifs is 1. The average molecular weight is 338 g/mol. The van der Waals surface area contributed by atoms with Crippen molar-refractivity contribution in [3.63, 3.8) is 0 Å². The van der Waals surface area contributed by atoms with Crippen LogP contribution in [0.25, 0.3) is 10.9 Å². The molecule has 1 saturated carbocycles. The summed E-state index contributed by atoms with van der Waals surface area (Å²) in [5, 5.41) is 7.87. The second-order valence-corrected chi connectivity index (χ2v) is 6.64. The molecule has 3 atom stereocenters. The van der Waals surface area contributed by atoms with Gasteiger partial charge in [-0.3, -0.25) is 14.9 Å². The van der Waals surface area contributed by atoms with Crippen molar-refractivity contribution in [2.75, 3.05) is 0 Å². The van der Waals surface area contributed by atoms with Crippen molar-refractivity contribution >= 4 is 16.8 Å². The van der Waals surface area contributed by atoms with Crippen LogP contribution in [0, 0.1) is 0 Å². The maximum Gasteiger partial charge on any atom is 0.231 e. The maximum absolute atomic E-state index is 15.3. The molecule has 0 spiro atoms. The number of halogens is 1. The Hall–Kier alpha value is -2.76. The SMILES string of the molecule is NC(=O)C1(c2cccnc2)C(F)CCCC1c1ccc2[nH]ncc2c1. The highest BCUT2D eigenvalue weighted by molar-refractivity contribution is 5.89. The quantitative estimate of drug-likeness (QED) is 0.770. The molecule has 0 radical (unpaired) electrons. The molecule has 0 bridgehead atoms. The van der Waals surface area contributed by atoms with Crippen molar-refractivity contribution in [3.05, 3.63) is 60.0 Å². The lowest BCUT2D eigenvalue weighted by molar-refractivity contribution is -0.128. The Morgan fingerprint density at radius 3 is 2.92 bits per heavy atom. The van der Waals surface area contributed by atoms with Crippen molar-refractivity contribution < 1.29 is 9.18 Å². The van der Waals surface area contributed by atoms with Gasteiger partial charge in [-0.05, 0) is 48.6 Å². The van der Waals surface area contributed by atoms with Gasteiger partial charge < -0.3 is 5.73 Å². The molecule has 1 aliphatic carbocycles. The molecule has 2 aromatic heterocycles. The molecule has 3 unspecified atom stereocenters. The molecule has 25 heavy (non-hydrogen) atoms. The number of benzene rings is 1. The topological polar surface area (TPSA) is 84.7 Å². The van der Waals surface area contributed by atoms with Crippen LogP contribution in [0.3, 0.4) is 0 Å². The lowest BCUT2D eigenvalue weighted by atomic mass is 9.59. The standard InChI is InChI=1S/C19H19FN4O/c20-17-5-1-4-15(12-6-7-16-13(9-12)10-23-24-16)19(17,18(21)25)14-3-2-8-22-11-14/h2-3,6-11,15,17H,1,4-5H2,(H2,21,25)(H,23,24). The van der Waals surface area contributed by atoms with E-state index in [4.69, 9.17) is 5.73 Å². The summed E-state index contributed by atoms with van der Waals surface area (Å²) in [5.41, 5.74) is 6.78. The average Bonchev–Trinajstić information content (AvgIpc) is 3.09. The highest BCUT2D eigenvalue weighted by Gasteiger charge is 2.55. The summed E-state index contributed by atoms with van der Waals surface area (Å²) in [4.78, 5) is 16.7. The van der Waals surface area contributed by atoms with Crippen molar-refractivity contribution in [2.45, 2.75) is 36.8 Å². The van der Waals surface area contributed by atoms with Crippen molar-refractivity contribution in [2.24, 2.45) is 5.73 Å². The van der Waals surface area contributed by atoms with E-state index in [1.54, 1.807) is 30.7 Å². The molecular weight excluding hydrogens is 319 g/mol. The van der Waals surface area contributed by atoms with E-state index in [-0.39, 0.29) is 5.92 Å². The normalized spacial score (nSPS) is 26.6. The number of nitrogens with two attached hydrogens (primary N) is 1. The van der Waals surface area contributed by atoms with Gasteiger partial charge in [0.25, 0.3) is 0 Å². The second-order valence-electron chi connectivity index (χ2n) is 6.64. The van der Waals surface area contributed by atoms with Crippen molar-refractivity contribution in [3.8, 4) is 0 Å². The summed E-state index contributed by atoms with van der Waals surface area (Å²) in [7, 11) is 0. The van der Waals surface area contributed by atoms with E-state index in [1.807, 2.05) is 18.2 Å². The molecule has 0 saturated heterocycles. The summed E-state index contributed by atoms with van der Waals surface area (Å²) in [6, 6.07) is 9.28. The van der Waals surface area contributed by atoms with E-state index >= 15 is 4.39 Å². The molecule has 1 amide bonds. The largest absolute Gasteiger partial charge is 0.369 e. The van der Waals surface area contributed by atoms with Gasteiger partial charge in [0.2, 0.25) is 5.91 Å². The van der Waals surface area contributed by atoms with E-state index in [0.717, 1.165) is 16.5 Å². The Bertz CT molecular complexity index is 910. The zero-order valence-corrected chi connectivity index (χ0v) is 13.7. The molecule has 3 aromatic rings. The second kappa shape index (κ2) is 5.95. The fraction of sp³-hybridized carbons (Fsp3) is 0.316. The lowest BCUT2D eigenvalue weighted by Gasteiger charge is -2.44. The van der Waals surface area contributed by atoms with Crippen LogP contribution in [-0.4, -0.2) is 27.3 Å². The third kappa shape index (κ3) is 2.32. The number of nitrogens with one attached hydrogen (secondary N) is 1. The first-order chi connectivity index (χ1) is 12.1. The van der Waals surface area contributed by atoms with Gasteiger partial charge in [-0.1, -0.05) is 12.1 Å². The number of carbonyl (C=O) groups is 1. The zero-order valence-electron chi connectivity index (χ0n) is 13.7. The summed E-state index contributed by atoms with van der Waals surface area (Å²) in [5.74, 6) is -0.970. The number of rotatable bonds is 3. The first-order valence-corrected chi connectivity index (χ1v) is 8.41. The summed E-state index contributed by atoms with van der Waals surface area (Å²) < 4.78 is 15.3. The zero-order chi connectivity index (χ0) is 17.4. The fourth-order valence-electron chi connectivity index (χ4n) is 4.24. The van der Waals surface area contributed by atoms with Crippen LogP contribution >= 0.6 is 0 Å². The number of aromatic amines is 1. The Morgan fingerprint density at radius 1 is 1.28 bits per heavy atom. The molecule has 1 aliphatic rings. The monoisotopic (exact) mass is 338 g/mol. The van der Waals surface area contributed by atoms with Crippen molar-refractivity contribution in [1.29, 1.82) is 0 Å². The molecule has 1 aromatic carbocycles. The Balaban J connectivity index is 1.92. The van der Waals surface area contributed by atoms with Gasteiger partial charge in [0.15, 0.2) is 0 Å². The number of nitrogens with zero attached hydrogens (tertiary/aromatic N) is 2. The number of alkyl halides is 1. The number of aromatic nitrogens is 3. The number of carbonyl (C=O) groups excluding carboxylic acids is 1. The molecule has 2 heterocycles. The highest BCUT2D eigenvalue weighted by atomic mass is 19.1. The first kappa shape index (κ1) is 15.7. The Morgan fingerprint density at radius 2 is 2.16 bits per heavy atom. The number of H-pyrrole nitrogens is 1. The molecule has 3 N–H and O–H groups in total. The van der Waals surface area contributed by atoms with Gasteiger partial charge in [-0.15, -0.1) is 0 Å². The van der Waals surface area contributed by atoms with Gasteiger partial charge in [-0.2, -0.15) is 5.10 Å². The number of hydrogen-bond acceptors (Lipinski definition) is 3. The number of hydrogen-bond donors (Lipinski definition) is 2. The summed E-state index contributed by atoms with van der Waals surface area (Å²) in [6.45, 7) is 0. The van der Waals surface area contributed by atoms with E-state index in [9.17, 15) is 4.79 Å². The molecule has 5 nitrogen and oxygen atoms in total. The molecule has 6 heteroatoms.